The number of hydrogen-bond donors (Lipinski definition) is 1. The molecule has 0 radical (unpaired) electrons. The van der Waals surface area contributed by atoms with E-state index in [4.69, 9.17) is 4.74 Å². The molecule has 3 heterocycles. The first-order chi connectivity index (χ1) is 16.5. The summed E-state index contributed by atoms with van der Waals surface area (Å²) in [6, 6.07) is 11.2. The molecule has 9 heteroatoms. The molecule has 3 aromatic rings. The third kappa shape index (κ3) is 5.23. The van der Waals surface area contributed by atoms with E-state index in [1.807, 2.05) is 58.0 Å². The second kappa shape index (κ2) is 9.56. The van der Waals surface area contributed by atoms with Gasteiger partial charge in [-0.05, 0) is 46.1 Å². The molecule has 1 fully saturated rings. The van der Waals surface area contributed by atoms with Crippen LogP contribution in [-0.2, 0) is 4.74 Å². The van der Waals surface area contributed by atoms with E-state index in [9.17, 15) is 14.4 Å². The molecule has 1 aliphatic heterocycles. The zero-order valence-corrected chi connectivity index (χ0v) is 20.9. The SMILES string of the molecule is C[C@@H](c1ccccc1)N(C)C(=O)c1cnn2c(C3CCN(C(=O)OC(C)(C)C)CC3)cc(=O)[nH]c12. The molecule has 1 aromatic carbocycles. The van der Waals surface area contributed by atoms with Gasteiger partial charge in [0.1, 0.15) is 16.8 Å². The molecule has 9 nitrogen and oxygen atoms in total. The summed E-state index contributed by atoms with van der Waals surface area (Å²) in [6.07, 6.45) is 2.54. The second-order valence-corrected chi connectivity index (χ2v) is 10.1. The van der Waals surface area contributed by atoms with Crippen LogP contribution in [0.5, 0.6) is 0 Å². The lowest BCUT2D eigenvalue weighted by molar-refractivity contribution is 0.0203. The van der Waals surface area contributed by atoms with Crippen molar-refractivity contribution in [2.45, 2.75) is 58.1 Å². The third-order valence-electron chi connectivity index (χ3n) is 6.51. The summed E-state index contributed by atoms with van der Waals surface area (Å²) in [5.41, 5.74) is 1.67. The van der Waals surface area contributed by atoms with Gasteiger partial charge in [0.05, 0.1) is 17.9 Å². The summed E-state index contributed by atoms with van der Waals surface area (Å²) in [5, 5.41) is 4.47. The first kappa shape index (κ1) is 24.5. The van der Waals surface area contributed by atoms with Gasteiger partial charge in [-0.1, -0.05) is 30.3 Å². The van der Waals surface area contributed by atoms with Crippen molar-refractivity contribution in [3.05, 3.63) is 69.8 Å². The number of likely N-dealkylation sites (tertiary alicyclic amines) is 1. The lowest BCUT2D eigenvalue weighted by atomic mass is 9.93. The Morgan fingerprint density at radius 2 is 1.83 bits per heavy atom. The summed E-state index contributed by atoms with van der Waals surface area (Å²) in [5.74, 6) is -0.189. The Labute approximate surface area is 204 Å². The number of H-pyrrole nitrogens is 1. The molecule has 2 amide bonds. The molecule has 35 heavy (non-hydrogen) atoms. The summed E-state index contributed by atoms with van der Waals surface area (Å²) in [4.78, 5) is 44.5. The molecular weight excluding hydrogens is 446 g/mol. The predicted molar refractivity (Wildman–Crippen MR) is 133 cm³/mol. The van der Waals surface area contributed by atoms with Crippen molar-refractivity contribution in [1.29, 1.82) is 0 Å². The number of amides is 2. The highest BCUT2D eigenvalue weighted by molar-refractivity contribution is 5.99. The molecule has 2 aromatic heterocycles. The number of rotatable bonds is 4. The third-order valence-corrected chi connectivity index (χ3v) is 6.51. The van der Waals surface area contributed by atoms with E-state index in [1.54, 1.807) is 27.4 Å². The summed E-state index contributed by atoms with van der Waals surface area (Å²) >= 11 is 0. The van der Waals surface area contributed by atoms with Gasteiger partial charge in [-0.3, -0.25) is 9.59 Å². The van der Waals surface area contributed by atoms with Gasteiger partial charge in [0, 0.05) is 32.1 Å². The van der Waals surface area contributed by atoms with E-state index in [0.717, 1.165) is 11.3 Å². The maximum absolute atomic E-state index is 13.4. The number of benzene rings is 1. The highest BCUT2D eigenvalue weighted by Gasteiger charge is 2.30. The van der Waals surface area contributed by atoms with Crippen molar-refractivity contribution < 1.29 is 14.3 Å². The van der Waals surface area contributed by atoms with Crippen LogP contribution >= 0.6 is 0 Å². The normalized spacial score (nSPS) is 15.7. The van der Waals surface area contributed by atoms with E-state index in [1.165, 1.54) is 6.20 Å². The Kier molecular flexibility index (Phi) is 6.69. The number of aromatic nitrogens is 3. The Balaban J connectivity index is 1.55. The Morgan fingerprint density at radius 3 is 2.46 bits per heavy atom. The standard InChI is InChI=1S/C26H33N5O4/c1-17(18-9-7-6-8-10-18)29(5)24(33)20-16-27-31-21(15-22(32)28-23(20)31)19-11-13-30(14-12-19)25(34)35-26(2,3)4/h6-10,15-17,19H,11-14H2,1-5H3,(H,28,32)/t17-/m0/s1. The van der Waals surface area contributed by atoms with Crippen LogP contribution in [0.1, 0.15) is 74.1 Å². The van der Waals surface area contributed by atoms with E-state index < -0.39 is 5.60 Å². The monoisotopic (exact) mass is 479 g/mol. The first-order valence-electron chi connectivity index (χ1n) is 12.0. The van der Waals surface area contributed by atoms with Gasteiger partial charge in [0.2, 0.25) is 0 Å². The average molecular weight is 480 g/mol. The molecule has 1 N–H and O–H groups in total. The van der Waals surface area contributed by atoms with Crippen molar-refractivity contribution >= 4 is 17.6 Å². The fraction of sp³-hybridized carbons (Fsp3) is 0.462. The van der Waals surface area contributed by atoms with Gasteiger partial charge in [-0.2, -0.15) is 5.10 Å². The minimum atomic E-state index is -0.546. The number of piperidine rings is 1. The van der Waals surface area contributed by atoms with E-state index in [-0.39, 0.29) is 29.5 Å². The van der Waals surface area contributed by atoms with Gasteiger partial charge in [-0.15, -0.1) is 0 Å². The number of carbonyl (C=O) groups excluding carboxylic acids is 2. The molecule has 1 saturated heterocycles. The first-order valence-corrected chi connectivity index (χ1v) is 12.0. The zero-order chi connectivity index (χ0) is 25.3. The number of aromatic amines is 1. The molecule has 0 unspecified atom stereocenters. The molecule has 4 rings (SSSR count). The average Bonchev–Trinajstić information content (AvgIpc) is 3.25. The van der Waals surface area contributed by atoms with E-state index in [2.05, 4.69) is 10.1 Å². The van der Waals surface area contributed by atoms with Crippen LogP contribution in [-0.4, -0.2) is 62.1 Å². The Morgan fingerprint density at radius 1 is 1.17 bits per heavy atom. The smallest absolute Gasteiger partial charge is 0.410 e. The molecular formula is C26H33N5O4. The molecule has 0 spiro atoms. The van der Waals surface area contributed by atoms with Crippen LogP contribution in [0.25, 0.3) is 5.65 Å². The summed E-state index contributed by atoms with van der Waals surface area (Å²) in [7, 11) is 1.75. The van der Waals surface area contributed by atoms with Crippen molar-refractivity contribution in [2.75, 3.05) is 20.1 Å². The van der Waals surface area contributed by atoms with Crippen LogP contribution in [0.4, 0.5) is 4.79 Å². The van der Waals surface area contributed by atoms with Crippen LogP contribution in [0, 0.1) is 0 Å². The number of nitrogens with zero attached hydrogens (tertiary/aromatic N) is 4. The van der Waals surface area contributed by atoms with Gasteiger partial charge in [-0.25, -0.2) is 9.31 Å². The lowest BCUT2D eigenvalue weighted by Crippen LogP contribution is -2.41. The minimum absolute atomic E-state index is 0.0299. The van der Waals surface area contributed by atoms with Crippen LogP contribution in [0.15, 0.2) is 47.4 Å². The highest BCUT2D eigenvalue weighted by atomic mass is 16.6. The van der Waals surface area contributed by atoms with Gasteiger partial charge >= 0.3 is 6.09 Å². The maximum atomic E-state index is 13.4. The minimum Gasteiger partial charge on any atom is -0.444 e. The van der Waals surface area contributed by atoms with Crippen LogP contribution in [0.3, 0.4) is 0 Å². The summed E-state index contributed by atoms with van der Waals surface area (Å²) < 4.78 is 7.14. The molecule has 186 valence electrons. The van der Waals surface area contributed by atoms with Gasteiger partial charge in [0.25, 0.3) is 11.5 Å². The van der Waals surface area contributed by atoms with Gasteiger partial charge < -0.3 is 19.5 Å². The number of hydrogen-bond acceptors (Lipinski definition) is 5. The topological polar surface area (TPSA) is 100 Å². The molecule has 1 aliphatic rings. The zero-order valence-electron chi connectivity index (χ0n) is 20.9. The second-order valence-electron chi connectivity index (χ2n) is 10.1. The predicted octanol–water partition coefficient (Wildman–Crippen LogP) is 3.97. The Hall–Kier alpha value is -3.62. The molecule has 0 aliphatic carbocycles. The van der Waals surface area contributed by atoms with Gasteiger partial charge in [0.15, 0.2) is 0 Å². The van der Waals surface area contributed by atoms with E-state index in [0.29, 0.717) is 37.1 Å². The fourth-order valence-electron chi connectivity index (χ4n) is 4.47. The summed E-state index contributed by atoms with van der Waals surface area (Å²) in [6.45, 7) is 8.56. The number of nitrogens with one attached hydrogen (secondary N) is 1. The van der Waals surface area contributed by atoms with Crippen molar-refractivity contribution in [2.24, 2.45) is 0 Å². The highest BCUT2D eigenvalue weighted by Crippen LogP contribution is 2.29. The number of fused-ring (bicyclic) bond motifs is 1. The molecule has 0 saturated carbocycles. The molecule has 0 bridgehead atoms. The van der Waals surface area contributed by atoms with Crippen molar-refractivity contribution in [3.8, 4) is 0 Å². The van der Waals surface area contributed by atoms with Crippen molar-refractivity contribution in [3.63, 3.8) is 0 Å². The van der Waals surface area contributed by atoms with E-state index >= 15 is 0 Å². The quantitative estimate of drug-likeness (QED) is 0.610. The molecule has 1 atom stereocenters. The maximum Gasteiger partial charge on any atom is 0.410 e. The lowest BCUT2D eigenvalue weighted by Gasteiger charge is -2.33. The number of ether oxygens (including phenoxy) is 1. The van der Waals surface area contributed by atoms with Crippen LogP contribution < -0.4 is 5.56 Å². The number of carbonyl (C=O) groups is 2. The largest absolute Gasteiger partial charge is 0.444 e. The van der Waals surface area contributed by atoms with Crippen molar-refractivity contribution in [1.82, 2.24) is 24.4 Å². The Bertz CT molecular complexity index is 1270. The fourth-order valence-corrected chi connectivity index (χ4v) is 4.47. The van der Waals surface area contributed by atoms with Crippen LogP contribution in [0.2, 0.25) is 0 Å².